The van der Waals surface area contributed by atoms with E-state index in [2.05, 4.69) is 11.4 Å². The summed E-state index contributed by atoms with van der Waals surface area (Å²) in [6, 6.07) is 7.74. The summed E-state index contributed by atoms with van der Waals surface area (Å²) in [6.07, 6.45) is 0. The molecule has 16 heavy (non-hydrogen) atoms. The molecule has 0 radical (unpaired) electrons. The average molecular weight is 236 g/mol. The lowest BCUT2D eigenvalue weighted by Gasteiger charge is -2.07. The minimum Gasteiger partial charge on any atom is -0.384 e. The Bertz CT molecular complexity index is 424. The van der Waals surface area contributed by atoms with Crippen LogP contribution in [0.1, 0.15) is 18.1 Å². The second-order valence-electron chi connectivity index (χ2n) is 3.50. The van der Waals surface area contributed by atoms with Crippen molar-refractivity contribution in [2.45, 2.75) is 13.8 Å². The molecule has 4 heteroatoms. The first-order valence-electron chi connectivity index (χ1n) is 5.27. The van der Waals surface area contributed by atoms with E-state index >= 15 is 0 Å². The predicted molar refractivity (Wildman–Crippen MR) is 67.9 cm³/mol. The van der Waals surface area contributed by atoms with Crippen LogP contribution in [0.25, 0.3) is 0 Å². The van der Waals surface area contributed by atoms with Crippen molar-refractivity contribution in [1.29, 1.82) is 5.26 Å². The second kappa shape index (κ2) is 6.29. The first-order valence-corrected chi connectivity index (χ1v) is 6.75. The average Bonchev–Trinajstić information content (AvgIpc) is 2.29. The number of nitriles is 1. The van der Waals surface area contributed by atoms with E-state index in [0.29, 0.717) is 23.6 Å². The molecule has 0 aliphatic rings. The quantitative estimate of drug-likeness (QED) is 0.851. The molecule has 0 fully saturated rings. The highest BCUT2D eigenvalue weighted by atomic mass is 32.2. The molecule has 0 aliphatic heterocycles. The number of benzene rings is 1. The predicted octanol–water partition coefficient (Wildman–Crippen LogP) is 2.05. The maximum atomic E-state index is 11.2. The third-order valence-corrected chi connectivity index (χ3v) is 3.63. The number of hydrogen-bond acceptors (Lipinski definition) is 3. The Morgan fingerprint density at radius 2 is 2.25 bits per heavy atom. The molecule has 3 nitrogen and oxygen atoms in total. The molecule has 0 aliphatic carbocycles. The van der Waals surface area contributed by atoms with Crippen LogP contribution in [0.15, 0.2) is 18.2 Å². The molecule has 1 unspecified atom stereocenters. The van der Waals surface area contributed by atoms with Crippen LogP contribution >= 0.6 is 0 Å². The van der Waals surface area contributed by atoms with E-state index in [0.717, 1.165) is 11.3 Å². The van der Waals surface area contributed by atoms with Crippen LogP contribution in [0.5, 0.6) is 0 Å². The fourth-order valence-electron chi connectivity index (χ4n) is 1.35. The van der Waals surface area contributed by atoms with Gasteiger partial charge in [-0.15, -0.1) is 0 Å². The van der Waals surface area contributed by atoms with E-state index in [-0.39, 0.29) is 0 Å². The van der Waals surface area contributed by atoms with Crippen LogP contribution in [0.2, 0.25) is 0 Å². The highest BCUT2D eigenvalue weighted by molar-refractivity contribution is 7.84. The first-order chi connectivity index (χ1) is 7.67. The monoisotopic (exact) mass is 236 g/mol. The van der Waals surface area contributed by atoms with Crippen molar-refractivity contribution in [3.63, 3.8) is 0 Å². The maximum Gasteiger partial charge on any atom is 0.0994 e. The molecule has 0 aromatic heterocycles. The molecule has 86 valence electrons. The van der Waals surface area contributed by atoms with Crippen molar-refractivity contribution in [1.82, 2.24) is 0 Å². The summed E-state index contributed by atoms with van der Waals surface area (Å²) in [6.45, 7) is 4.53. The summed E-state index contributed by atoms with van der Waals surface area (Å²) in [5, 5.41) is 12.0. The smallest absolute Gasteiger partial charge is 0.0994 e. The van der Waals surface area contributed by atoms with Gasteiger partial charge in [-0.2, -0.15) is 5.26 Å². The van der Waals surface area contributed by atoms with Gasteiger partial charge in [0.1, 0.15) is 0 Å². The lowest BCUT2D eigenvalue weighted by atomic mass is 10.1. The lowest BCUT2D eigenvalue weighted by Crippen LogP contribution is -2.12. The van der Waals surface area contributed by atoms with Crippen LogP contribution in [0, 0.1) is 18.3 Å². The minimum absolute atomic E-state index is 0.662. The molecule has 0 bridgehead atoms. The van der Waals surface area contributed by atoms with Crippen LogP contribution in [-0.4, -0.2) is 22.3 Å². The highest BCUT2D eigenvalue weighted by Gasteiger charge is 1.99. The number of nitrogens with one attached hydrogen (secondary N) is 1. The van der Waals surface area contributed by atoms with Gasteiger partial charge >= 0.3 is 0 Å². The van der Waals surface area contributed by atoms with Crippen molar-refractivity contribution in [3.8, 4) is 6.07 Å². The van der Waals surface area contributed by atoms with Crippen LogP contribution in [0.3, 0.4) is 0 Å². The third-order valence-electron chi connectivity index (χ3n) is 2.33. The van der Waals surface area contributed by atoms with E-state index in [4.69, 9.17) is 5.26 Å². The summed E-state index contributed by atoms with van der Waals surface area (Å²) in [4.78, 5) is 0. The summed E-state index contributed by atoms with van der Waals surface area (Å²) >= 11 is 0. The van der Waals surface area contributed by atoms with Gasteiger partial charge < -0.3 is 5.32 Å². The number of nitrogens with zero attached hydrogens (tertiary/aromatic N) is 1. The normalized spacial score (nSPS) is 11.8. The lowest BCUT2D eigenvalue weighted by molar-refractivity contribution is 0.684. The van der Waals surface area contributed by atoms with E-state index < -0.39 is 10.8 Å². The molecule has 1 aromatic rings. The molecule has 0 spiro atoms. The molecule has 0 saturated heterocycles. The van der Waals surface area contributed by atoms with Crippen molar-refractivity contribution < 1.29 is 4.21 Å². The largest absolute Gasteiger partial charge is 0.384 e. The van der Waals surface area contributed by atoms with Gasteiger partial charge in [-0.25, -0.2) is 0 Å². The number of anilines is 1. The van der Waals surface area contributed by atoms with Gasteiger partial charge in [0, 0.05) is 34.5 Å². The highest BCUT2D eigenvalue weighted by Crippen LogP contribution is 2.13. The third kappa shape index (κ3) is 3.67. The molecular formula is C12H16N2OS. The fourth-order valence-corrected chi connectivity index (χ4v) is 1.97. The van der Waals surface area contributed by atoms with Gasteiger partial charge in [0.05, 0.1) is 11.6 Å². The van der Waals surface area contributed by atoms with E-state index in [9.17, 15) is 4.21 Å². The molecular weight excluding hydrogens is 220 g/mol. The molecule has 1 rings (SSSR count). The molecule has 0 amide bonds. The Balaban J connectivity index is 2.53. The van der Waals surface area contributed by atoms with Gasteiger partial charge in [0.25, 0.3) is 0 Å². The molecule has 1 N–H and O–H groups in total. The number of hydrogen-bond donors (Lipinski definition) is 1. The Kier molecular flexibility index (Phi) is 5.00. The van der Waals surface area contributed by atoms with Gasteiger partial charge in [-0.1, -0.05) is 6.92 Å². The molecule has 0 saturated carbocycles. The van der Waals surface area contributed by atoms with E-state index in [1.165, 1.54) is 0 Å². The summed E-state index contributed by atoms with van der Waals surface area (Å²) < 4.78 is 11.2. The second-order valence-corrected chi connectivity index (χ2v) is 5.37. The number of rotatable bonds is 5. The Morgan fingerprint density at radius 3 is 2.81 bits per heavy atom. The minimum atomic E-state index is -0.727. The standard InChI is InChI=1S/C12H16N2OS/c1-3-16(15)7-6-14-12-5-4-11(9-13)10(2)8-12/h4-5,8,14H,3,6-7H2,1-2H3. The zero-order chi connectivity index (χ0) is 12.0. The summed E-state index contributed by atoms with van der Waals surface area (Å²) in [5.74, 6) is 1.36. The zero-order valence-electron chi connectivity index (χ0n) is 9.62. The van der Waals surface area contributed by atoms with E-state index in [1.807, 2.05) is 26.0 Å². The van der Waals surface area contributed by atoms with Crippen molar-refractivity contribution in [2.75, 3.05) is 23.4 Å². The van der Waals surface area contributed by atoms with Crippen molar-refractivity contribution in [2.24, 2.45) is 0 Å². The Morgan fingerprint density at radius 1 is 1.50 bits per heavy atom. The maximum absolute atomic E-state index is 11.2. The molecule has 0 heterocycles. The van der Waals surface area contributed by atoms with Gasteiger partial charge in [0.2, 0.25) is 0 Å². The van der Waals surface area contributed by atoms with Crippen molar-refractivity contribution in [3.05, 3.63) is 29.3 Å². The Hall–Kier alpha value is -1.34. The van der Waals surface area contributed by atoms with Gasteiger partial charge in [0.15, 0.2) is 0 Å². The topological polar surface area (TPSA) is 52.9 Å². The van der Waals surface area contributed by atoms with Crippen LogP contribution in [0.4, 0.5) is 5.69 Å². The summed E-state index contributed by atoms with van der Waals surface area (Å²) in [5.41, 5.74) is 2.64. The Labute approximate surface area is 98.9 Å². The van der Waals surface area contributed by atoms with Crippen LogP contribution < -0.4 is 5.32 Å². The van der Waals surface area contributed by atoms with Crippen LogP contribution in [-0.2, 0) is 10.8 Å². The van der Waals surface area contributed by atoms with Crippen molar-refractivity contribution >= 4 is 16.5 Å². The summed E-state index contributed by atoms with van der Waals surface area (Å²) in [7, 11) is -0.727. The molecule has 1 aromatic carbocycles. The van der Waals surface area contributed by atoms with Gasteiger partial charge in [-0.05, 0) is 30.7 Å². The number of aryl methyl sites for hydroxylation is 1. The zero-order valence-corrected chi connectivity index (χ0v) is 10.4. The van der Waals surface area contributed by atoms with Gasteiger partial charge in [-0.3, -0.25) is 4.21 Å². The van der Waals surface area contributed by atoms with E-state index in [1.54, 1.807) is 6.07 Å². The fraction of sp³-hybridized carbons (Fsp3) is 0.417. The SMILES string of the molecule is CCS(=O)CCNc1ccc(C#N)c(C)c1. The molecule has 1 atom stereocenters. The first kappa shape index (κ1) is 12.7.